The lowest BCUT2D eigenvalue weighted by Crippen LogP contribution is -2.19. The average Bonchev–Trinajstić information content (AvgIpc) is 2.66. The Balaban J connectivity index is 2.34. The standard InChI is InChI=1S/C9H7BrN2OS/c10-8-2-1-3-12(9(8)13)5-7-4-11-6-14-7/h1-4,6H,5H2. The maximum atomic E-state index is 11.6. The molecular formula is C9H7BrN2OS. The largest absolute Gasteiger partial charge is 0.309 e. The van der Waals surface area contributed by atoms with Crippen LogP contribution in [0.4, 0.5) is 0 Å². The van der Waals surface area contributed by atoms with Crippen LogP contribution in [0.25, 0.3) is 0 Å². The molecule has 0 saturated heterocycles. The first-order valence-corrected chi connectivity index (χ1v) is 5.67. The van der Waals surface area contributed by atoms with Crippen molar-refractivity contribution in [2.45, 2.75) is 6.54 Å². The Morgan fingerprint density at radius 3 is 3.14 bits per heavy atom. The molecule has 0 atom stereocenters. The van der Waals surface area contributed by atoms with Crippen molar-refractivity contribution >= 4 is 27.3 Å². The molecule has 0 radical (unpaired) electrons. The smallest absolute Gasteiger partial charge is 0.265 e. The molecule has 2 heterocycles. The van der Waals surface area contributed by atoms with Crippen molar-refractivity contribution in [3.8, 4) is 0 Å². The molecule has 0 amide bonds. The third-order valence-corrected chi connectivity index (χ3v) is 3.15. The van der Waals surface area contributed by atoms with Gasteiger partial charge < -0.3 is 4.57 Å². The molecule has 14 heavy (non-hydrogen) atoms. The molecule has 0 fully saturated rings. The van der Waals surface area contributed by atoms with Gasteiger partial charge in [-0.2, -0.15) is 0 Å². The minimum atomic E-state index is -0.0131. The maximum Gasteiger partial charge on any atom is 0.265 e. The number of aromatic nitrogens is 2. The molecule has 0 aliphatic heterocycles. The van der Waals surface area contributed by atoms with E-state index in [1.54, 1.807) is 39.9 Å². The Bertz CT molecular complexity index is 478. The van der Waals surface area contributed by atoms with Crippen molar-refractivity contribution in [2.24, 2.45) is 0 Å². The van der Waals surface area contributed by atoms with Crippen LogP contribution in [-0.2, 0) is 6.54 Å². The highest BCUT2D eigenvalue weighted by Gasteiger charge is 2.01. The van der Waals surface area contributed by atoms with Gasteiger partial charge in [0.2, 0.25) is 0 Å². The quantitative estimate of drug-likeness (QED) is 0.838. The Morgan fingerprint density at radius 1 is 1.57 bits per heavy atom. The van der Waals surface area contributed by atoms with Gasteiger partial charge in [0, 0.05) is 17.3 Å². The van der Waals surface area contributed by atoms with Gasteiger partial charge in [-0.15, -0.1) is 11.3 Å². The van der Waals surface area contributed by atoms with Crippen molar-refractivity contribution in [2.75, 3.05) is 0 Å². The van der Waals surface area contributed by atoms with Crippen molar-refractivity contribution < 1.29 is 0 Å². The first-order chi connectivity index (χ1) is 6.77. The third-order valence-electron chi connectivity index (χ3n) is 1.78. The van der Waals surface area contributed by atoms with Crippen LogP contribution in [0.15, 0.2) is 39.3 Å². The minimum absolute atomic E-state index is 0.0131. The van der Waals surface area contributed by atoms with Crippen molar-refractivity contribution in [1.82, 2.24) is 9.55 Å². The predicted octanol–water partition coefficient (Wildman–Crippen LogP) is 2.12. The number of thiazole rings is 1. The summed E-state index contributed by atoms with van der Waals surface area (Å²) in [6.07, 6.45) is 3.55. The summed E-state index contributed by atoms with van der Waals surface area (Å²) < 4.78 is 2.24. The Kier molecular flexibility index (Phi) is 2.79. The van der Waals surface area contributed by atoms with Crippen LogP contribution >= 0.6 is 27.3 Å². The molecule has 2 aromatic rings. The molecular weight excluding hydrogens is 264 g/mol. The lowest BCUT2D eigenvalue weighted by Gasteiger charge is -2.02. The highest BCUT2D eigenvalue weighted by Crippen LogP contribution is 2.08. The van der Waals surface area contributed by atoms with E-state index < -0.39 is 0 Å². The number of hydrogen-bond donors (Lipinski definition) is 0. The van der Waals surface area contributed by atoms with E-state index in [-0.39, 0.29) is 5.56 Å². The van der Waals surface area contributed by atoms with E-state index in [1.807, 2.05) is 6.07 Å². The van der Waals surface area contributed by atoms with Gasteiger partial charge in [-0.05, 0) is 28.1 Å². The van der Waals surface area contributed by atoms with E-state index in [2.05, 4.69) is 20.9 Å². The zero-order valence-electron chi connectivity index (χ0n) is 7.18. The molecule has 2 aromatic heterocycles. The van der Waals surface area contributed by atoms with E-state index in [1.165, 1.54) is 0 Å². The highest BCUT2D eigenvalue weighted by molar-refractivity contribution is 9.10. The van der Waals surface area contributed by atoms with Crippen LogP contribution in [0.1, 0.15) is 4.88 Å². The van der Waals surface area contributed by atoms with Crippen molar-refractivity contribution in [3.05, 3.63) is 49.7 Å². The van der Waals surface area contributed by atoms with Gasteiger partial charge in [0.15, 0.2) is 0 Å². The molecule has 0 aromatic carbocycles. The molecule has 0 aliphatic carbocycles. The van der Waals surface area contributed by atoms with Crippen molar-refractivity contribution in [1.29, 1.82) is 0 Å². The Hall–Kier alpha value is -0.940. The summed E-state index contributed by atoms with van der Waals surface area (Å²) >= 11 is 4.75. The van der Waals surface area contributed by atoms with E-state index in [9.17, 15) is 4.79 Å². The number of hydrogen-bond acceptors (Lipinski definition) is 3. The average molecular weight is 271 g/mol. The summed E-state index contributed by atoms with van der Waals surface area (Å²) in [5.74, 6) is 0. The maximum absolute atomic E-state index is 11.6. The fourth-order valence-corrected chi connectivity index (χ4v) is 2.09. The van der Waals surface area contributed by atoms with E-state index >= 15 is 0 Å². The second-order valence-electron chi connectivity index (χ2n) is 2.76. The van der Waals surface area contributed by atoms with Crippen LogP contribution in [0.3, 0.4) is 0 Å². The van der Waals surface area contributed by atoms with Gasteiger partial charge in [0.05, 0.1) is 16.5 Å². The van der Waals surface area contributed by atoms with Crippen LogP contribution in [0, 0.1) is 0 Å². The Morgan fingerprint density at radius 2 is 2.43 bits per heavy atom. The van der Waals surface area contributed by atoms with Gasteiger partial charge in [0.25, 0.3) is 5.56 Å². The van der Waals surface area contributed by atoms with Crippen LogP contribution in [0.5, 0.6) is 0 Å². The first kappa shape index (κ1) is 9.61. The van der Waals surface area contributed by atoms with Gasteiger partial charge in [0.1, 0.15) is 0 Å². The van der Waals surface area contributed by atoms with Gasteiger partial charge in [-0.3, -0.25) is 9.78 Å². The summed E-state index contributed by atoms with van der Waals surface area (Å²) in [5.41, 5.74) is 1.75. The third kappa shape index (κ3) is 1.93. The summed E-state index contributed by atoms with van der Waals surface area (Å²) in [4.78, 5) is 16.6. The lowest BCUT2D eigenvalue weighted by atomic mass is 10.4. The van der Waals surface area contributed by atoms with Gasteiger partial charge in [-0.1, -0.05) is 0 Å². The zero-order chi connectivity index (χ0) is 9.97. The first-order valence-electron chi connectivity index (χ1n) is 3.99. The number of rotatable bonds is 2. The second kappa shape index (κ2) is 4.06. The second-order valence-corrected chi connectivity index (χ2v) is 4.58. The van der Waals surface area contributed by atoms with Gasteiger partial charge in [-0.25, -0.2) is 0 Å². The van der Waals surface area contributed by atoms with E-state index in [4.69, 9.17) is 0 Å². The molecule has 2 rings (SSSR count). The molecule has 0 unspecified atom stereocenters. The number of pyridine rings is 1. The molecule has 0 saturated carbocycles. The Labute approximate surface area is 93.2 Å². The fourth-order valence-electron chi connectivity index (χ4n) is 1.12. The van der Waals surface area contributed by atoms with E-state index in [0.29, 0.717) is 11.0 Å². The van der Waals surface area contributed by atoms with Crippen LogP contribution in [0.2, 0.25) is 0 Å². The molecule has 5 heteroatoms. The molecule has 0 bridgehead atoms. The van der Waals surface area contributed by atoms with Gasteiger partial charge >= 0.3 is 0 Å². The number of halogens is 1. The van der Waals surface area contributed by atoms with E-state index in [0.717, 1.165) is 4.88 Å². The SMILES string of the molecule is O=c1c(Br)cccn1Cc1cncs1. The molecule has 0 N–H and O–H groups in total. The monoisotopic (exact) mass is 270 g/mol. The normalized spacial score (nSPS) is 10.4. The summed E-state index contributed by atoms with van der Waals surface area (Å²) in [6, 6.07) is 3.58. The summed E-state index contributed by atoms with van der Waals surface area (Å²) in [7, 11) is 0. The topological polar surface area (TPSA) is 34.9 Å². The zero-order valence-corrected chi connectivity index (χ0v) is 9.59. The van der Waals surface area contributed by atoms with Crippen molar-refractivity contribution in [3.63, 3.8) is 0 Å². The number of nitrogens with zero attached hydrogens (tertiary/aromatic N) is 2. The summed E-state index contributed by atoms with van der Waals surface area (Å²) in [6.45, 7) is 0.586. The molecule has 0 spiro atoms. The minimum Gasteiger partial charge on any atom is -0.309 e. The predicted molar refractivity (Wildman–Crippen MR) is 59.6 cm³/mol. The molecule has 72 valence electrons. The molecule has 3 nitrogen and oxygen atoms in total. The highest BCUT2D eigenvalue weighted by atomic mass is 79.9. The lowest BCUT2D eigenvalue weighted by molar-refractivity contribution is 0.764. The van der Waals surface area contributed by atoms with Crippen LogP contribution in [-0.4, -0.2) is 9.55 Å². The summed E-state index contributed by atoms with van der Waals surface area (Å²) in [5, 5.41) is 0. The molecule has 0 aliphatic rings. The fraction of sp³-hybridized carbons (Fsp3) is 0.111. The van der Waals surface area contributed by atoms with Crippen LogP contribution < -0.4 is 5.56 Å².